The fourth-order valence-corrected chi connectivity index (χ4v) is 3.03. The molecule has 0 spiro atoms. The van der Waals surface area contributed by atoms with Crippen LogP contribution in [0.3, 0.4) is 0 Å². The molecule has 0 aliphatic heterocycles. The molecule has 1 saturated carbocycles. The third kappa shape index (κ3) is 1.71. The monoisotopic (exact) mass is 316 g/mol. The van der Waals surface area contributed by atoms with Crippen molar-refractivity contribution in [2.45, 2.75) is 18.3 Å². The quantitative estimate of drug-likeness (QED) is 0.891. The van der Waals surface area contributed by atoms with Crippen molar-refractivity contribution in [3.05, 3.63) is 16.1 Å². The summed E-state index contributed by atoms with van der Waals surface area (Å²) in [5.41, 5.74) is -0.657. The molecule has 0 atom stereocenters. The molecular formula is C12H13BrO5. The molecule has 5 nitrogen and oxygen atoms in total. The summed E-state index contributed by atoms with van der Waals surface area (Å²) < 4.78 is 10.7. The van der Waals surface area contributed by atoms with E-state index in [4.69, 9.17) is 9.47 Å². The lowest BCUT2D eigenvalue weighted by Gasteiger charge is -2.18. The van der Waals surface area contributed by atoms with Crippen molar-refractivity contribution in [2.24, 2.45) is 0 Å². The summed E-state index contributed by atoms with van der Waals surface area (Å²) in [5.74, 6) is -0.296. The number of rotatable bonds is 4. The van der Waals surface area contributed by atoms with Gasteiger partial charge in [0.05, 0.1) is 24.1 Å². The Balaban J connectivity index is 2.66. The van der Waals surface area contributed by atoms with E-state index >= 15 is 0 Å². The predicted octanol–water partition coefficient (Wildman–Crippen LogP) is 2.29. The van der Waals surface area contributed by atoms with Gasteiger partial charge in [-0.3, -0.25) is 4.79 Å². The Morgan fingerprint density at radius 1 is 1.39 bits per heavy atom. The van der Waals surface area contributed by atoms with E-state index in [0.717, 1.165) is 0 Å². The summed E-state index contributed by atoms with van der Waals surface area (Å²) in [5, 5.41) is 19.3. The Labute approximate surface area is 112 Å². The number of aliphatic carboxylic acids is 1. The number of hydrogen-bond acceptors (Lipinski definition) is 4. The maximum absolute atomic E-state index is 11.3. The molecule has 6 heteroatoms. The molecule has 0 heterocycles. The Morgan fingerprint density at radius 2 is 2.00 bits per heavy atom. The van der Waals surface area contributed by atoms with Crippen LogP contribution in [-0.2, 0) is 10.2 Å². The van der Waals surface area contributed by atoms with Gasteiger partial charge in [-0.05, 0) is 28.8 Å². The average Bonchev–Trinajstić information content (AvgIpc) is 3.09. The molecule has 1 aromatic rings. The van der Waals surface area contributed by atoms with Crippen molar-refractivity contribution in [1.29, 1.82) is 0 Å². The first-order valence-electron chi connectivity index (χ1n) is 5.35. The molecular weight excluding hydrogens is 304 g/mol. The lowest BCUT2D eigenvalue weighted by atomic mass is 9.94. The summed E-state index contributed by atoms with van der Waals surface area (Å²) in [6.07, 6.45) is 1.01. The summed E-state index contributed by atoms with van der Waals surface area (Å²) >= 11 is 3.30. The molecule has 2 N–H and O–H groups in total. The second-order valence-corrected chi connectivity index (χ2v) is 5.00. The molecule has 0 amide bonds. The summed E-state index contributed by atoms with van der Waals surface area (Å²) in [4.78, 5) is 11.3. The van der Waals surface area contributed by atoms with Gasteiger partial charge < -0.3 is 19.7 Å². The minimum atomic E-state index is -1.01. The smallest absolute Gasteiger partial charge is 0.314 e. The van der Waals surface area contributed by atoms with Gasteiger partial charge in [-0.25, -0.2) is 0 Å². The SMILES string of the molecule is COc1cc(O)c(C2(C(=O)O)CC2)c(Br)c1OC. The molecule has 1 aromatic carbocycles. The van der Waals surface area contributed by atoms with Gasteiger partial charge in [0, 0.05) is 11.6 Å². The standard InChI is InChI=1S/C12H13BrO5/c1-17-7-5-6(14)8(9(13)10(7)18-2)12(3-4-12)11(15)16/h5,14H,3-4H2,1-2H3,(H,15,16). The third-order valence-electron chi connectivity index (χ3n) is 3.23. The van der Waals surface area contributed by atoms with Crippen LogP contribution in [0.5, 0.6) is 17.2 Å². The molecule has 0 saturated heterocycles. The molecule has 0 aromatic heterocycles. The van der Waals surface area contributed by atoms with E-state index in [1.165, 1.54) is 20.3 Å². The largest absolute Gasteiger partial charge is 0.507 e. The Bertz CT molecular complexity index is 508. The number of methoxy groups -OCH3 is 2. The van der Waals surface area contributed by atoms with E-state index in [0.29, 0.717) is 34.4 Å². The first-order chi connectivity index (χ1) is 8.47. The number of phenols is 1. The number of carboxylic acids is 1. The van der Waals surface area contributed by atoms with Crippen LogP contribution in [0.2, 0.25) is 0 Å². The zero-order valence-corrected chi connectivity index (χ0v) is 11.6. The second-order valence-electron chi connectivity index (χ2n) is 4.21. The summed E-state index contributed by atoms with van der Waals surface area (Å²) in [7, 11) is 2.91. The van der Waals surface area contributed by atoms with Gasteiger partial charge in [-0.2, -0.15) is 0 Å². The third-order valence-corrected chi connectivity index (χ3v) is 3.99. The van der Waals surface area contributed by atoms with E-state index in [2.05, 4.69) is 15.9 Å². The van der Waals surface area contributed by atoms with Gasteiger partial charge in [0.25, 0.3) is 0 Å². The number of carbonyl (C=O) groups is 1. The number of carboxylic acid groups (broad SMARTS) is 1. The second kappa shape index (κ2) is 4.35. The zero-order valence-electron chi connectivity index (χ0n) is 9.99. The first kappa shape index (κ1) is 13.0. The number of hydrogen-bond donors (Lipinski definition) is 2. The highest BCUT2D eigenvalue weighted by Gasteiger charge is 2.55. The van der Waals surface area contributed by atoms with Crippen LogP contribution in [0.4, 0.5) is 0 Å². The number of benzene rings is 1. The Morgan fingerprint density at radius 3 is 2.39 bits per heavy atom. The molecule has 1 aliphatic carbocycles. The highest BCUT2D eigenvalue weighted by molar-refractivity contribution is 9.10. The minimum Gasteiger partial charge on any atom is -0.507 e. The molecule has 0 bridgehead atoms. The Kier molecular flexibility index (Phi) is 3.14. The normalized spacial score (nSPS) is 16.2. The van der Waals surface area contributed by atoms with Crippen LogP contribution < -0.4 is 9.47 Å². The van der Waals surface area contributed by atoms with E-state index in [9.17, 15) is 15.0 Å². The van der Waals surface area contributed by atoms with Crippen LogP contribution in [0.15, 0.2) is 10.5 Å². The number of phenolic OH excluding ortho intramolecular Hbond substituents is 1. The van der Waals surface area contributed by atoms with Gasteiger partial charge in [0.2, 0.25) is 0 Å². The molecule has 0 radical (unpaired) electrons. The van der Waals surface area contributed by atoms with Crippen LogP contribution in [0.25, 0.3) is 0 Å². The highest BCUT2D eigenvalue weighted by Crippen LogP contribution is 2.57. The highest BCUT2D eigenvalue weighted by atomic mass is 79.9. The Hall–Kier alpha value is -1.43. The summed E-state index contributed by atoms with van der Waals surface area (Å²) in [6.45, 7) is 0. The van der Waals surface area contributed by atoms with Crippen molar-refractivity contribution >= 4 is 21.9 Å². The number of aromatic hydroxyl groups is 1. The fraction of sp³-hybridized carbons (Fsp3) is 0.417. The van der Waals surface area contributed by atoms with Gasteiger partial charge >= 0.3 is 5.97 Å². The van der Waals surface area contributed by atoms with Crippen molar-refractivity contribution in [1.82, 2.24) is 0 Å². The maximum Gasteiger partial charge on any atom is 0.314 e. The van der Waals surface area contributed by atoms with Crippen molar-refractivity contribution in [3.63, 3.8) is 0 Å². The fourth-order valence-electron chi connectivity index (χ4n) is 2.09. The molecule has 0 unspecified atom stereocenters. The lowest BCUT2D eigenvalue weighted by molar-refractivity contribution is -0.140. The first-order valence-corrected chi connectivity index (χ1v) is 6.14. The van der Waals surface area contributed by atoms with Crippen LogP contribution in [0.1, 0.15) is 18.4 Å². The topological polar surface area (TPSA) is 76.0 Å². The average molecular weight is 317 g/mol. The van der Waals surface area contributed by atoms with E-state index in [1.54, 1.807) is 0 Å². The predicted molar refractivity (Wildman–Crippen MR) is 67.5 cm³/mol. The van der Waals surface area contributed by atoms with E-state index in [-0.39, 0.29) is 5.75 Å². The van der Waals surface area contributed by atoms with E-state index < -0.39 is 11.4 Å². The minimum absolute atomic E-state index is 0.0978. The van der Waals surface area contributed by atoms with Crippen molar-refractivity contribution in [2.75, 3.05) is 14.2 Å². The van der Waals surface area contributed by atoms with Crippen LogP contribution >= 0.6 is 15.9 Å². The van der Waals surface area contributed by atoms with Gasteiger partial charge in [0.15, 0.2) is 11.5 Å². The van der Waals surface area contributed by atoms with Crippen LogP contribution in [0, 0.1) is 0 Å². The van der Waals surface area contributed by atoms with Gasteiger partial charge in [-0.15, -0.1) is 0 Å². The number of halogens is 1. The summed E-state index contributed by atoms with van der Waals surface area (Å²) in [6, 6.07) is 1.38. The van der Waals surface area contributed by atoms with Crippen molar-refractivity contribution < 1.29 is 24.5 Å². The molecule has 98 valence electrons. The van der Waals surface area contributed by atoms with E-state index in [1.807, 2.05) is 0 Å². The molecule has 2 rings (SSSR count). The number of ether oxygens (including phenoxy) is 2. The van der Waals surface area contributed by atoms with Gasteiger partial charge in [-0.1, -0.05) is 0 Å². The zero-order chi connectivity index (χ0) is 13.5. The van der Waals surface area contributed by atoms with Crippen LogP contribution in [-0.4, -0.2) is 30.4 Å². The lowest BCUT2D eigenvalue weighted by Crippen LogP contribution is -2.20. The maximum atomic E-state index is 11.3. The molecule has 18 heavy (non-hydrogen) atoms. The van der Waals surface area contributed by atoms with Gasteiger partial charge in [0.1, 0.15) is 5.75 Å². The molecule has 1 aliphatic rings. The van der Waals surface area contributed by atoms with Crippen molar-refractivity contribution in [3.8, 4) is 17.2 Å². The molecule has 1 fully saturated rings.